The molecule has 4 aromatic rings. The normalized spacial score (nSPS) is 12.6. The minimum Gasteiger partial charge on any atom is -0.406 e. The summed E-state index contributed by atoms with van der Waals surface area (Å²) in [5.74, 6) is -5.77. The van der Waals surface area contributed by atoms with Gasteiger partial charge in [-0.1, -0.05) is 6.07 Å². The number of alkyl halides is 3. The lowest BCUT2D eigenvalue weighted by Gasteiger charge is -2.18. The van der Waals surface area contributed by atoms with E-state index in [0.717, 1.165) is 24.3 Å². The summed E-state index contributed by atoms with van der Waals surface area (Å²) >= 11 is 0. The van der Waals surface area contributed by atoms with E-state index in [1.54, 1.807) is 0 Å². The number of H-pyrrole nitrogens is 1. The Morgan fingerprint density at radius 2 is 1.91 bits per heavy atom. The minimum absolute atomic E-state index is 0.00855. The third-order valence-electron chi connectivity index (χ3n) is 4.66. The van der Waals surface area contributed by atoms with Crippen molar-refractivity contribution in [3.05, 3.63) is 87.8 Å². The summed E-state index contributed by atoms with van der Waals surface area (Å²) in [6, 6.07) is 7.55. The first-order valence-electron chi connectivity index (χ1n) is 9.29. The number of halogens is 5. The Bertz CT molecular complexity index is 1400. The molecule has 1 N–H and O–H groups in total. The van der Waals surface area contributed by atoms with Crippen molar-refractivity contribution in [2.24, 2.45) is 0 Å². The molecule has 0 unspecified atom stereocenters. The third-order valence-corrected chi connectivity index (χ3v) is 4.66. The molecule has 1 aromatic carbocycles. The van der Waals surface area contributed by atoms with Crippen LogP contribution in [0.1, 0.15) is 34.1 Å². The molecule has 170 valence electrons. The standard InChI is InChI=1S/C21H12F5N3O4/c22-12-2-1-7-27-18(12)11(10-3-5-16(13(23)8-10)33-21(24,25)26)9-15(30)14-4-6-17-19(28-14)29-20(31)32-17/h1-8,11H,9H2,(H,28,29,31)/t11-/m0/s1. The number of nitrogens with one attached hydrogen (secondary N) is 1. The molecule has 0 aliphatic heterocycles. The minimum atomic E-state index is -5.11. The predicted octanol–water partition coefficient (Wildman–Crippen LogP) is 4.49. The highest BCUT2D eigenvalue weighted by atomic mass is 19.4. The summed E-state index contributed by atoms with van der Waals surface area (Å²) in [5.41, 5.74) is -0.186. The van der Waals surface area contributed by atoms with Crippen LogP contribution in [0.25, 0.3) is 11.2 Å². The van der Waals surface area contributed by atoms with Gasteiger partial charge in [-0.05, 0) is 42.0 Å². The van der Waals surface area contributed by atoms with Gasteiger partial charge < -0.3 is 9.15 Å². The molecule has 1 atom stereocenters. The van der Waals surface area contributed by atoms with Crippen molar-refractivity contribution in [2.45, 2.75) is 18.7 Å². The van der Waals surface area contributed by atoms with Gasteiger partial charge in [-0.2, -0.15) is 0 Å². The number of pyridine rings is 2. The predicted molar refractivity (Wildman–Crippen MR) is 103 cm³/mol. The van der Waals surface area contributed by atoms with E-state index in [-0.39, 0.29) is 28.2 Å². The molecule has 0 amide bonds. The van der Waals surface area contributed by atoms with Crippen molar-refractivity contribution >= 4 is 17.0 Å². The maximum Gasteiger partial charge on any atom is 0.573 e. The first-order chi connectivity index (χ1) is 15.6. The number of carbonyl (C=O) groups is 1. The number of carbonyl (C=O) groups excluding carboxylic acids is 1. The number of benzene rings is 1. The molecule has 0 saturated heterocycles. The summed E-state index contributed by atoms with van der Waals surface area (Å²) in [4.78, 5) is 34.4. The average Bonchev–Trinajstić information content (AvgIpc) is 3.12. The van der Waals surface area contributed by atoms with Crippen LogP contribution in [-0.4, -0.2) is 27.1 Å². The van der Waals surface area contributed by atoms with Gasteiger partial charge in [0.2, 0.25) is 0 Å². The Morgan fingerprint density at radius 1 is 1.12 bits per heavy atom. The Hall–Kier alpha value is -4.09. The number of ether oxygens (including phenoxy) is 1. The van der Waals surface area contributed by atoms with Gasteiger partial charge in [0.1, 0.15) is 11.5 Å². The highest BCUT2D eigenvalue weighted by Gasteiger charge is 2.33. The molecule has 0 spiro atoms. The molecular weight excluding hydrogens is 453 g/mol. The highest BCUT2D eigenvalue weighted by molar-refractivity contribution is 5.96. The summed E-state index contributed by atoms with van der Waals surface area (Å²) in [6.07, 6.45) is -4.30. The van der Waals surface area contributed by atoms with Crippen LogP contribution in [0.3, 0.4) is 0 Å². The lowest BCUT2D eigenvalue weighted by molar-refractivity contribution is -0.275. The lowest BCUT2D eigenvalue weighted by Crippen LogP contribution is -2.18. The second kappa shape index (κ2) is 8.45. The van der Waals surface area contributed by atoms with Crippen molar-refractivity contribution in [3.8, 4) is 5.75 Å². The number of nitrogens with zero attached hydrogens (tertiary/aromatic N) is 2. The van der Waals surface area contributed by atoms with Crippen LogP contribution in [0.4, 0.5) is 22.0 Å². The van der Waals surface area contributed by atoms with E-state index in [0.29, 0.717) is 0 Å². The van der Waals surface area contributed by atoms with E-state index in [2.05, 4.69) is 19.7 Å². The Labute approximate surface area is 180 Å². The quantitative estimate of drug-likeness (QED) is 0.333. The number of aromatic nitrogens is 3. The summed E-state index contributed by atoms with van der Waals surface area (Å²) < 4.78 is 74.6. The maximum atomic E-state index is 14.5. The monoisotopic (exact) mass is 465 g/mol. The van der Waals surface area contributed by atoms with Crippen LogP contribution in [0, 0.1) is 11.6 Å². The first-order valence-corrected chi connectivity index (χ1v) is 9.29. The van der Waals surface area contributed by atoms with E-state index in [9.17, 15) is 31.5 Å². The first kappa shape index (κ1) is 22.1. The molecule has 0 saturated carbocycles. The second-order valence-corrected chi connectivity index (χ2v) is 6.85. The number of fused-ring (bicyclic) bond motifs is 1. The zero-order valence-electron chi connectivity index (χ0n) is 16.3. The molecule has 4 rings (SSSR count). The van der Waals surface area contributed by atoms with Crippen LogP contribution in [0.15, 0.2) is 57.9 Å². The van der Waals surface area contributed by atoms with Crippen molar-refractivity contribution in [3.63, 3.8) is 0 Å². The number of rotatable bonds is 6. The van der Waals surface area contributed by atoms with Gasteiger partial charge in [0.25, 0.3) is 0 Å². The van der Waals surface area contributed by atoms with Crippen LogP contribution in [0.2, 0.25) is 0 Å². The van der Waals surface area contributed by atoms with Crippen molar-refractivity contribution < 1.29 is 35.9 Å². The van der Waals surface area contributed by atoms with Crippen LogP contribution < -0.4 is 10.5 Å². The highest BCUT2D eigenvalue weighted by Crippen LogP contribution is 2.33. The number of hydrogen-bond acceptors (Lipinski definition) is 6. The van der Waals surface area contributed by atoms with E-state index >= 15 is 0 Å². The fourth-order valence-electron chi connectivity index (χ4n) is 3.25. The van der Waals surface area contributed by atoms with Gasteiger partial charge >= 0.3 is 12.1 Å². The molecule has 3 aromatic heterocycles. The smallest absolute Gasteiger partial charge is 0.406 e. The van der Waals surface area contributed by atoms with Gasteiger partial charge in [0.05, 0.1) is 5.69 Å². The molecule has 0 radical (unpaired) electrons. The van der Waals surface area contributed by atoms with Gasteiger partial charge in [0, 0.05) is 18.5 Å². The number of Topliss-reactive ketones (excluding diaryl/α,β-unsaturated/α-hetero) is 1. The molecule has 12 heteroatoms. The lowest BCUT2D eigenvalue weighted by atomic mass is 9.89. The SMILES string of the molecule is O=C(C[C@@H](c1ccc(OC(F)(F)F)c(F)c1)c1ncccc1F)c1ccc2oc(=O)[nH]c2n1. The molecule has 0 fully saturated rings. The molecule has 33 heavy (non-hydrogen) atoms. The van der Waals surface area contributed by atoms with E-state index in [1.807, 2.05) is 0 Å². The van der Waals surface area contributed by atoms with Crippen molar-refractivity contribution in [1.82, 2.24) is 15.0 Å². The van der Waals surface area contributed by atoms with Crippen molar-refractivity contribution in [1.29, 1.82) is 0 Å². The molecule has 3 heterocycles. The molecule has 7 nitrogen and oxygen atoms in total. The fourth-order valence-corrected chi connectivity index (χ4v) is 3.25. The van der Waals surface area contributed by atoms with Gasteiger partial charge in [-0.3, -0.25) is 14.8 Å². The van der Waals surface area contributed by atoms with Gasteiger partial charge in [-0.25, -0.2) is 18.6 Å². The molecular formula is C21H12F5N3O4. The van der Waals surface area contributed by atoms with E-state index in [4.69, 9.17) is 4.42 Å². The Kier molecular flexibility index (Phi) is 5.66. The second-order valence-electron chi connectivity index (χ2n) is 6.85. The largest absolute Gasteiger partial charge is 0.573 e. The van der Waals surface area contributed by atoms with E-state index < -0.39 is 47.6 Å². The third kappa shape index (κ3) is 4.89. The van der Waals surface area contributed by atoms with Crippen LogP contribution in [-0.2, 0) is 0 Å². The average molecular weight is 465 g/mol. The summed E-state index contributed by atoms with van der Waals surface area (Å²) in [5, 5.41) is 0. The molecule has 0 aliphatic carbocycles. The van der Waals surface area contributed by atoms with Gasteiger partial charge in [0.15, 0.2) is 28.6 Å². The molecule has 0 aliphatic rings. The summed E-state index contributed by atoms with van der Waals surface area (Å²) in [7, 11) is 0. The Morgan fingerprint density at radius 3 is 2.61 bits per heavy atom. The number of ketones is 1. The zero-order chi connectivity index (χ0) is 23.8. The topological polar surface area (TPSA) is 98.1 Å². The maximum absolute atomic E-state index is 14.5. The number of oxazole rings is 1. The van der Waals surface area contributed by atoms with Crippen LogP contribution >= 0.6 is 0 Å². The van der Waals surface area contributed by atoms with Crippen LogP contribution in [0.5, 0.6) is 5.75 Å². The number of aromatic amines is 1. The molecule has 0 bridgehead atoms. The van der Waals surface area contributed by atoms with Crippen molar-refractivity contribution in [2.75, 3.05) is 0 Å². The van der Waals surface area contributed by atoms with Gasteiger partial charge in [-0.15, -0.1) is 13.2 Å². The Balaban J connectivity index is 1.71. The van der Waals surface area contributed by atoms with E-state index in [1.165, 1.54) is 24.4 Å². The fraction of sp³-hybridized carbons (Fsp3) is 0.143. The zero-order valence-corrected chi connectivity index (χ0v) is 16.3. The number of hydrogen-bond donors (Lipinski definition) is 1. The summed E-state index contributed by atoms with van der Waals surface area (Å²) in [6.45, 7) is 0.